The summed E-state index contributed by atoms with van der Waals surface area (Å²) in [6, 6.07) is 4.06. The number of nitrogens with one attached hydrogen (secondary N) is 1. The van der Waals surface area contributed by atoms with Gasteiger partial charge in [-0.05, 0) is 37.5 Å². The van der Waals surface area contributed by atoms with Crippen LogP contribution in [0.15, 0.2) is 34.1 Å². The molecule has 1 atom stereocenters. The number of carbonyl (C=O) groups excluding carboxylic acids is 1. The van der Waals surface area contributed by atoms with Gasteiger partial charge in [-0.1, -0.05) is 35.7 Å². The number of halogens is 2. The third-order valence-corrected chi connectivity index (χ3v) is 7.92. The molecule has 0 aliphatic carbocycles. The Hall–Kier alpha value is -1.98. The van der Waals surface area contributed by atoms with E-state index in [1.807, 2.05) is 0 Å². The van der Waals surface area contributed by atoms with Crippen molar-refractivity contribution in [3.05, 3.63) is 50.4 Å². The van der Waals surface area contributed by atoms with E-state index >= 15 is 0 Å². The molecule has 1 aliphatic heterocycles. The molecule has 12 heteroatoms. The summed E-state index contributed by atoms with van der Waals surface area (Å²) in [4.78, 5) is 24.5. The van der Waals surface area contributed by atoms with Gasteiger partial charge in [0.15, 0.2) is 0 Å². The maximum absolute atomic E-state index is 13.2. The number of hydrogen-bond donors (Lipinski definition) is 2. The minimum Gasteiger partial charge on any atom is -0.395 e. The third-order valence-electron chi connectivity index (χ3n) is 5.08. The fourth-order valence-electron chi connectivity index (χ4n) is 3.45. The molecule has 2 aromatic rings. The van der Waals surface area contributed by atoms with Gasteiger partial charge in [-0.25, -0.2) is 13.1 Å². The number of aliphatic hydroxyl groups is 1. The fraction of sp³-hybridized carbons (Fsp3) is 0.421. The lowest BCUT2D eigenvalue weighted by Crippen LogP contribution is -2.45. The van der Waals surface area contributed by atoms with Crippen molar-refractivity contribution in [2.24, 2.45) is 0 Å². The number of piperidine rings is 1. The molecule has 1 aromatic heterocycles. The number of anilines is 1. The first-order valence-electron chi connectivity index (χ1n) is 9.59. The Kier molecular flexibility index (Phi) is 7.38. The second kappa shape index (κ2) is 9.66. The number of carbonyl (C=O) groups is 1. The molecule has 1 aliphatic rings. The molecular weight excluding hydrogens is 467 g/mol. The summed E-state index contributed by atoms with van der Waals surface area (Å²) < 4.78 is 28.7. The normalized spacial score (nSPS) is 17.5. The molecule has 31 heavy (non-hydrogen) atoms. The van der Waals surface area contributed by atoms with E-state index < -0.39 is 34.1 Å². The molecule has 1 saturated heterocycles. The van der Waals surface area contributed by atoms with E-state index in [2.05, 4.69) is 10.4 Å². The van der Waals surface area contributed by atoms with Gasteiger partial charge < -0.3 is 10.4 Å². The largest absolute Gasteiger partial charge is 0.395 e. The Morgan fingerprint density at radius 1 is 1.32 bits per heavy atom. The van der Waals surface area contributed by atoms with E-state index in [1.165, 1.54) is 10.4 Å². The van der Waals surface area contributed by atoms with Crippen LogP contribution < -0.4 is 10.9 Å². The van der Waals surface area contributed by atoms with Crippen molar-refractivity contribution in [1.82, 2.24) is 14.1 Å². The number of benzene rings is 1. The Morgan fingerprint density at radius 3 is 2.77 bits per heavy atom. The lowest BCUT2D eigenvalue weighted by Gasteiger charge is -2.33. The molecular formula is C19H22Cl2N4O5S. The minimum absolute atomic E-state index is 0.0180. The first-order chi connectivity index (χ1) is 14.6. The zero-order chi connectivity index (χ0) is 22.8. The molecule has 3 rings (SSSR count). The van der Waals surface area contributed by atoms with Gasteiger partial charge in [-0.15, -0.1) is 0 Å². The van der Waals surface area contributed by atoms with Gasteiger partial charge in [0, 0.05) is 18.3 Å². The van der Waals surface area contributed by atoms with E-state index in [0.717, 1.165) is 23.7 Å². The zero-order valence-electron chi connectivity index (χ0n) is 16.7. The summed E-state index contributed by atoms with van der Waals surface area (Å²) >= 11 is 11.5. The van der Waals surface area contributed by atoms with Crippen LogP contribution in [-0.4, -0.2) is 52.7 Å². The zero-order valence-corrected chi connectivity index (χ0v) is 19.0. The van der Waals surface area contributed by atoms with Crippen molar-refractivity contribution >= 4 is 44.8 Å². The van der Waals surface area contributed by atoms with Gasteiger partial charge in [-0.3, -0.25) is 9.59 Å². The highest BCUT2D eigenvalue weighted by Crippen LogP contribution is 2.29. The van der Waals surface area contributed by atoms with Crippen LogP contribution in [0.5, 0.6) is 0 Å². The molecule has 9 nitrogen and oxygen atoms in total. The summed E-state index contributed by atoms with van der Waals surface area (Å²) in [6.07, 6.45) is 3.33. The second-order valence-electron chi connectivity index (χ2n) is 7.25. The standard InChI is InChI=1S/C19H22Cl2N4O5S/c1-12-5-6-13(23-17(27)10-24-19(28)18(21)15(20)9-22-24)8-16(12)31(29,30)25-7-3-2-4-14(25)11-26/h5-6,8-9,14,26H,2-4,7,10-11H2,1H3,(H,23,27)/t14-/m0/s1. The smallest absolute Gasteiger partial charge is 0.287 e. The topological polar surface area (TPSA) is 122 Å². The fourth-order valence-corrected chi connectivity index (χ4v) is 5.66. The number of sulfonamides is 1. The number of aromatic nitrogens is 2. The number of rotatable bonds is 6. The first kappa shape index (κ1) is 23.7. The van der Waals surface area contributed by atoms with E-state index in [4.69, 9.17) is 23.2 Å². The highest BCUT2D eigenvalue weighted by molar-refractivity contribution is 7.89. The van der Waals surface area contributed by atoms with Crippen LogP contribution >= 0.6 is 23.2 Å². The molecule has 0 unspecified atom stereocenters. The van der Waals surface area contributed by atoms with Crippen LogP contribution in [0.2, 0.25) is 10.0 Å². The number of amides is 1. The highest BCUT2D eigenvalue weighted by atomic mass is 35.5. The summed E-state index contributed by atoms with van der Waals surface area (Å²) in [5, 5.41) is 15.7. The molecule has 1 fully saturated rings. The van der Waals surface area contributed by atoms with Crippen molar-refractivity contribution in [1.29, 1.82) is 0 Å². The predicted octanol–water partition coefficient (Wildman–Crippen LogP) is 2.03. The minimum atomic E-state index is -3.87. The number of nitrogens with zero attached hydrogens (tertiary/aromatic N) is 3. The van der Waals surface area contributed by atoms with Gasteiger partial charge in [0.1, 0.15) is 11.6 Å². The van der Waals surface area contributed by atoms with E-state index in [9.17, 15) is 23.1 Å². The SMILES string of the molecule is Cc1ccc(NC(=O)Cn2ncc(Cl)c(Cl)c2=O)cc1S(=O)(=O)N1CCCC[C@H]1CO. The Bertz CT molecular complexity index is 1150. The molecule has 0 radical (unpaired) electrons. The molecule has 2 heterocycles. The van der Waals surface area contributed by atoms with Gasteiger partial charge in [-0.2, -0.15) is 9.40 Å². The third kappa shape index (κ3) is 5.09. The summed E-state index contributed by atoms with van der Waals surface area (Å²) in [6.45, 7) is 1.32. The van der Waals surface area contributed by atoms with Crippen LogP contribution in [0, 0.1) is 6.92 Å². The second-order valence-corrected chi connectivity index (χ2v) is 9.89. The quantitative estimate of drug-likeness (QED) is 0.641. The van der Waals surface area contributed by atoms with Gasteiger partial charge in [0.2, 0.25) is 15.9 Å². The monoisotopic (exact) mass is 488 g/mol. The maximum Gasteiger partial charge on any atom is 0.287 e. The number of aliphatic hydroxyl groups excluding tert-OH is 1. The molecule has 0 bridgehead atoms. The number of aryl methyl sites for hydroxylation is 1. The van der Waals surface area contributed by atoms with Gasteiger partial charge in [0.25, 0.3) is 5.56 Å². The molecule has 0 spiro atoms. The van der Waals surface area contributed by atoms with E-state index in [1.54, 1.807) is 19.1 Å². The molecule has 2 N–H and O–H groups in total. The van der Waals surface area contributed by atoms with Crippen LogP contribution in [0.1, 0.15) is 24.8 Å². The van der Waals surface area contributed by atoms with Crippen molar-refractivity contribution in [3.63, 3.8) is 0 Å². The molecule has 0 saturated carbocycles. The Labute approximate surface area is 189 Å². The van der Waals surface area contributed by atoms with Crippen molar-refractivity contribution in [2.45, 2.75) is 43.7 Å². The lowest BCUT2D eigenvalue weighted by atomic mass is 10.1. The Morgan fingerprint density at radius 2 is 2.06 bits per heavy atom. The van der Waals surface area contributed by atoms with Crippen LogP contribution in [-0.2, 0) is 21.4 Å². The lowest BCUT2D eigenvalue weighted by molar-refractivity contribution is -0.117. The van der Waals surface area contributed by atoms with Crippen LogP contribution in [0.3, 0.4) is 0 Å². The van der Waals surface area contributed by atoms with E-state index in [0.29, 0.717) is 18.5 Å². The Balaban J connectivity index is 1.83. The van der Waals surface area contributed by atoms with Crippen molar-refractivity contribution in [3.8, 4) is 0 Å². The molecule has 168 valence electrons. The average Bonchev–Trinajstić information content (AvgIpc) is 2.75. The van der Waals surface area contributed by atoms with Crippen molar-refractivity contribution < 1.29 is 18.3 Å². The van der Waals surface area contributed by atoms with Crippen molar-refractivity contribution in [2.75, 3.05) is 18.5 Å². The summed E-state index contributed by atoms with van der Waals surface area (Å²) in [5.41, 5.74) is 0.0547. The maximum atomic E-state index is 13.2. The van der Waals surface area contributed by atoms with Gasteiger partial charge >= 0.3 is 0 Å². The predicted molar refractivity (Wildman–Crippen MR) is 117 cm³/mol. The summed E-state index contributed by atoms with van der Waals surface area (Å²) in [7, 11) is -3.87. The van der Waals surface area contributed by atoms with Gasteiger partial charge in [0.05, 0.1) is 22.7 Å². The van der Waals surface area contributed by atoms with Crippen LogP contribution in [0.25, 0.3) is 0 Å². The first-order valence-corrected chi connectivity index (χ1v) is 11.8. The van der Waals surface area contributed by atoms with Crippen LogP contribution in [0.4, 0.5) is 5.69 Å². The molecule has 1 aromatic carbocycles. The average molecular weight is 489 g/mol. The number of hydrogen-bond acceptors (Lipinski definition) is 6. The highest BCUT2D eigenvalue weighted by Gasteiger charge is 2.34. The van der Waals surface area contributed by atoms with E-state index in [-0.39, 0.29) is 27.2 Å². The molecule has 1 amide bonds. The summed E-state index contributed by atoms with van der Waals surface area (Å²) in [5.74, 6) is -0.591.